The number of piperidine rings is 1. The zero-order valence-electron chi connectivity index (χ0n) is 18.9. The number of para-hydroxylation sites is 1. The standard InChI is InChI=1S/C26H34N4O2/c31-25(27-14-9-17-29-15-7-2-8-16-29)23-20-12-5-6-13-22(20)28-24-21(23)18-30(26(24)32)19-10-3-1-4-11-19/h5-6,12-13,19H,1-4,7-11,14-18H2,(H,27,31). The van der Waals surface area contributed by atoms with Crippen molar-refractivity contribution in [3.05, 3.63) is 41.1 Å². The van der Waals surface area contributed by atoms with Crippen molar-refractivity contribution in [1.82, 2.24) is 20.1 Å². The SMILES string of the molecule is O=C(NCCCN1CCCCC1)c1c2c(nc3ccccc13)C(=O)N(C1CCCCC1)C2. The molecule has 5 rings (SSSR count). The summed E-state index contributed by atoms with van der Waals surface area (Å²) < 4.78 is 0. The molecule has 0 unspecified atom stereocenters. The second-order valence-corrected chi connectivity index (χ2v) is 9.57. The summed E-state index contributed by atoms with van der Waals surface area (Å²) in [4.78, 5) is 35.8. The van der Waals surface area contributed by atoms with E-state index in [0.717, 1.165) is 42.3 Å². The molecule has 2 amide bonds. The van der Waals surface area contributed by atoms with Gasteiger partial charge in [-0.15, -0.1) is 0 Å². The molecule has 0 bridgehead atoms. The lowest BCUT2D eigenvalue weighted by Crippen LogP contribution is -2.37. The molecule has 1 N–H and O–H groups in total. The van der Waals surface area contributed by atoms with Gasteiger partial charge in [0.05, 0.1) is 11.1 Å². The highest BCUT2D eigenvalue weighted by Crippen LogP contribution is 2.34. The van der Waals surface area contributed by atoms with E-state index in [2.05, 4.69) is 10.2 Å². The van der Waals surface area contributed by atoms with Crippen molar-refractivity contribution < 1.29 is 9.59 Å². The predicted molar refractivity (Wildman–Crippen MR) is 126 cm³/mol. The summed E-state index contributed by atoms with van der Waals surface area (Å²) in [5.41, 5.74) is 2.67. The molecule has 170 valence electrons. The number of pyridine rings is 1. The number of aromatic nitrogens is 1. The van der Waals surface area contributed by atoms with E-state index in [1.807, 2.05) is 29.2 Å². The highest BCUT2D eigenvalue weighted by Gasteiger charge is 2.37. The topological polar surface area (TPSA) is 65.5 Å². The van der Waals surface area contributed by atoms with Crippen LogP contribution in [0.5, 0.6) is 0 Å². The summed E-state index contributed by atoms with van der Waals surface area (Å²) >= 11 is 0. The fraction of sp³-hybridized carbons (Fsp3) is 0.577. The normalized spacial score (nSPS) is 20.0. The number of nitrogens with one attached hydrogen (secondary N) is 1. The number of hydrogen-bond donors (Lipinski definition) is 1. The summed E-state index contributed by atoms with van der Waals surface area (Å²) in [6.07, 6.45) is 10.6. The quantitative estimate of drug-likeness (QED) is 0.695. The number of rotatable bonds is 6. The molecular weight excluding hydrogens is 400 g/mol. The van der Waals surface area contributed by atoms with Gasteiger partial charge in [-0.25, -0.2) is 4.98 Å². The Labute approximate surface area is 190 Å². The van der Waals surface area contributed by atoms with Crippen LogP contribution < -0.4 is 5.32 Å². The van der Waals surface area contributed by atoms with Gasteiger partial charge >= 0.3 is 0 Å². The van der Waals surface area contributed by atoms with Crippen LogP contribution in [0.15, 0.2) is 24.3 Å². The van der Waals surface area contributed by atoms with Crippen molar-refractivity contribution in [3.8, 4) is 0 Å². The van der Waals surface area contributed by atoms with Crippen LogP contribution in [-0.2, 0) is 6.54 Å². The van der Waals surface area contributed by atoms with E-state index in [1.54, 1.807) is 0 Å². The monoisotopic (exact) mass is 434 g/mol. The lowest BCUT2D eigenvalue weighted by molar-refractivity contribution is 0.0655. The molecule has 0 atom stereocenters. The summed E-state index contributed by atoms with van der Waals surface area (Å²) in [5, 5.41) is 3.99. The van der Waals surface area contributed by atoms with E-state index >= 15 is 0 Å². The number of carbonyl (C=O) groups is 2. The van der Waals surface area contributed by atoms with Crippen LogP contribution in [-0.4, -0.2) is 58.8 Å². The first kappa shape index (κ1) is 21.4. The van der Waals surface area contributed by atoms with Gasteiger partial charge in [0.1, 0.15) is 5.69 Å². The van der Waals surface area contributed by atoms with Crippen LogP contribution in [0.2, 0.25) is 0 Å². The summed E-state index contributed by atoms with van der Waals surface area (Å²) in [6, 6.07) is 7.99. The molecule has 6 nitrogen and oxygen atoms in total. The first-order chi connectivity index (χ1) is 15.7. The number of hydrogen-bond acceptors (Lipinski definition) is 4. The zero-order chi connectivity index (χ0) is 21.9. The fourth-order valence-corrected chi connectivity index (χ4v) is 5.68. The molecule has 1 aromatic heterocycles. The molecule has 6 heteroatoms. The van der Waals surface area contributed by atoms with Gasteiger partial charge in [-0.3, -0.25) is 9.59 Å². The summed E-state index contributed by atoms with van der Waals surface area (Å²) in [6.45, 7) is 4.54. The average molecular weight is 435 g/mol. The molecule has 2 aromatic rings. The van der Waals surface area contributed by atoms with Crippen LogP contribution in [0.3, 0.4) is 0 Å². The average Bonchev–Trinajstić information content (AvgIpc) is 3.17. The number of carbonyl (C=O) groups excluding carboxylic acids is 2. The van der Waals surface area contributed by atoms with E-state index in [9.17, 15) is 9.59 Å². The number of fused-ring (bicyclic) bond motifs is 2. The molecule has 0 spiro atoms. The van der Waals surface area contributed by atoms with Crippen molar-refractivity contribution in [3.63, 3.8) is 0 Å². The Morgan fingerprint density at radius 2 is 1.78 bits per heavy atom. The third kappa shape index (κ3) is 4.25. The lowest BCUT2D eigenvalue weighted by Gasteiger charge is -2.30. The van der Waals surface area contributed by atoms with E-state index in [1.165, 1.54) is 51.6 Å². The van der Waals surface area contributed by atoms with Gasteiger partial charge in [-0.1, -0.05) is 43.9 Å². The molecule has 1 saturated carbocycles. The molecule has 2 fully saturated rings. The molecule has 0 radical (unpaired) electrons. The molecule has 3 aliphatic rings. The lowest BCUT2D eigenvalue weighted by atomic mass is 9.94. The van der Waals surface area contributed by atoms with Gasteiger partial charge in [0.15, 0.2) is 0 Å². The zero-order valence-corrected chi connectivity index (χ0v) is 18.9. The maximum atomic E-state index is 13.4. The smallest absolute Gasteiger partial charge is 0.273 e. The van der Waals surface area contributed by atoms with E-state index in [-0.39, 0.29) is 17.9 Å². The second-order valence-electron chi connectivity index (χ2n) is 9.57. The highest BCUT2D eigenvalue weighted by atomic mass is 16.2. The second kappa shape index (κ2) is 9.57. The van der Waals surface area contributed by atoms with Gasteiger partial charge in [0.2, 0.25) is 0 Å². The van der Waals surface area contributed by atoms with Gasteiger partial charge < -0.3 is 15.1 Å². The Balaban J connectivity index is 1.35. The minimum Gasteiger partial charge on any atom is -0.352 e. The van der Waals surface area contributed by atoms with Gasteiger partial charge in [-0.2, -0.15) is 0 Å². The van der Waals surface area contributed by atoms with E-state index in [4.69, 9.17) is 4.98 Å². The Morgan fingerprint density at radius 1 is 1.03 bits per heavy atom. The van der Waals surface area contributed by atoms with Gasteiger partial charge in [0.25, 0.3) is 11.8 Å². The molecule has 3 heterocycles. The minimum absolute atomic E-state index is 0.00296. The van der Waals surface area contributed by atoms with Crippen LogP contribution in [0.1, 0.15) is 84.2 Å². The molecule has 1 aliphatic carbocycles. The van der Waals surface area contributed by atoms with Crippen molar-refractivity contribution in [2.75, 3.05) is 26.2 Å². The largest absolute Gasteiger partial charge is 0.352 e. The molecular formula is C26H34N4O2. The van der Waals surface area contributed by atoms with E-state index < -0.39 is 0 Å². The maximum absolute atomic E-state index is 13.4. The predicted octanol–water partition coefficient (Wildman–Crippen LogP) is 4.13. The van der Waals surface area contributed by atoms with Crippen LogP contribution in [0, 0.1) is 0 Å². The Hall–Kier alpha value is -2.47. The van der Waals surface area contributed by atoms with E-state index in [0.29, 0.717) is 24.3 Å². The first-order valence-corrected chi connectivity index (χ1v) is 12.5. The third-order valence-electron chi connectivity index (χ3n) is 7.41. The number of amides is 2. The van der Waals surface area contributed by atoms with Crippen molar-refractivity contribution in [1.29, 1.82) is 0 Å². The van der Waals surface area contributed by atoms with Crippen LogP contribution in [0.4, 0.5) is 0 Å². The number of benzene rings is 1. The van der Waals surface area contributed by atoms with Crippen LogP contribution >= 0.6 is 0 Å². The fourth-order valence-electron chi connectivity index (χ4n) is 5.68. The first-order valence-electron chi connectivity index (χ1n) is 12.5. The highest BCUT2D eigenvalue weighted by molar-refractivity contribution is 6.11. The van der Waals surface area contributed by atoms with Crippen molar-refractivity contribution >= 4 is 22.7 Å². The van der Waals surface area contributed by atoms with Gasteiger partial charge in [-0.05, 0) is 57.8 Å². The number of likely N-dealkylation sites (tertiary alicyclic amines) is 1. The van der Waals surface area contributed by atoms with Crippen molar-refractivity contribution in [2.45, 2.75) is 70.4 Å². The molecule has 1 saturated heterocycles. The molecule has 32 heavy (non-hydrogen) atoms. The minimum atomic E-state index is -0.0724. The molecule has 2 aliphatic heterocycles. The van der Waals surface area contributed by atoms with Crippen LogP contribution in [0.25, 0.3) is 10.9 Å². The maximum Gasteiger partial charge on any atom is 0.273 e. The third-order valence-corrected chi connectivity index (χ3v) is 7.41. The summed E-state index contributed by atoms with van der Waals surface area (Å²) in [7, 11) is 0. The molecule has 1 aromatic carbocycles. The Bertz CT molecular complexity index is 993. The van der Waals surface area contributed by atoms with Crippen molar-refractivity contribution in [2.24, 2.45) is 0 Å². The van der Waals surface area contributed by atoms with Gasteiger partial charge in [0, 0.05) is 30.1 Å². The Kier molecular flexibility index (Phi) is 6.39. The Morgan fingerprint density at radius 3 is 2.59 bits per heavy atom. The summed E-state index contributed by atoms with van der Waals surface area (Å²) in [5.74, 6) is -0.0754. The number of nitrogens with zero attached hydrogens (tertiary/aromatic N) is 3.